The van der Waals surface area contributed by atoms with E-state index in [2.05, 4.69) is 19.2 Å². The second kappa shape index (κ2) is 8.55. The first-order valence-corrected chi connectivity index (χ1v) is 7.74. The van der Waals surface area contributed by atoms with E-state index in [0.29, 0.717) is 15.7 Å². The maximum atomic E-state index is 5.97. The van der Waals surface area contributed by atoms with Gasteiger partial charge in [0.1, 0.15) is 0 Å². The molecule has 0 spiro atoms. The van der Waals surface area contributed by atoms with Crippen LogP contribution in [0, 0.1) is 5.92 Å². The highest BCUT2D eigenvalue weighted by Crippen LogP contribution is 2.30. The fourth-order valence-corrected chi connectivity index (χ4v) is 2.31. The third kappa shape index (κ3) is 6.40. The monoisotopic (exact) mass is 302 g/mol. The third-order valence-corrected chi connectivity index (χ3v) is 3.84. The number of hydrogen-bond donors (Lipinski definition) is 2. The number of hydrogen-bond acceptors (Lipinski definition) is 2. The van der Waals surface area contributed by atoms with Gasteiger partial charge in [0.2, 0.25) is 0 Å². The van der Waals surface area contributed by atoms with E-state index in [9.17, 15) is 0 Å². The Kier molecular flexibility index (Phi) is 7.40. The van der Waals surface area contributed by atoms with E-state index < -0.39 is 0 Å². The maximum Gasteiger partial charge on any atom is 0.0614 e. The van der Waals surface area contributed by atoms with Gasteiger partial charge in [0.05, 0.1) is 21.4 Å². The standard InChI is InChI=1S/C15H24Cl2N2/c1-11(2)7-5-3-4-6-8-19-15-10-13(17)12(16)9-14(15)18/h9-11,19H,3-8,18H2,1-2H3. The van der Waals surface area contributed by atoms with Gasteiger partial charge in [-0.3, -0.25) is 0 Å². The number of rotatable bonds is 8. The van der Waals surface area contributed by atoms with Crippen molar-refractivity contribution in [3.05, 3.63) is 22.2 Å². The van der Waals surface area contributed by atoms with E-state index in [1.807, 2.05) is 0 Å². The van der Waals surface area contributed by atoms with Crippen molar-refractivity contribution in [3.63, 3.8) is 0 Å². The first-order chi connectivity index (χ1) is 9.00. The van der Waals surface area contributed by atoms with E-state index in [4.69, 9.17) is 28.9 Å². The molecule has 0 unspecified atom stereocenters. The van der Waals surface area contributed by atoms with Crippen molar-refractivity contribution < 1.29 is 0 Å². The second-order valence-corrected chi connectivity index (χ2v) is 6.19. The minimum absolute atomic E-state index is 0.499. The summed E-state index contributed by atoms with van der Waals surface area (Å²) in [6, 6.07) is 3.48. The van der Waals surface area contributed by atoms with Crippen LogP contribution >= 0.6 is 23.2 Å². The molecule has 0 heterocycles. The zero-order valence-corrected chi connectivity index (χ0v) is 13.3. The van der Waals surface area contributed by atoms with Crippen molar-refractivity contribution in [2.24, 2.45) is 5.92 Å². The predicted octanol–water partition coefficient (Wildman–Crippen LogP) is 5.59. The Morgan fingerprint density at radius 2 is 1.68 bits per heavy atom. The summed E-state index contributed by atoms with van der Waals surface area (Å²) < 4.78 is 0. The van der Waals surface area contributed by atoms with E-state index in [1.165, 1.54) is 25.7 Å². The van der Waals surface area contributed by atoms with Crippen LogP contribution in [0.1, 0.15) is 46.0 Å². The lowest BCUT2D eigenvalue weighted by Crippen LogP contribution is -2.04. The molecular formula is C15H24Cl2N2. The highest BCUT2D eigenvalue weighted by Gasteiger charge is 2.04. The lowest BCUT2D eigenvalue weighted by atomic mass is 10.0. The van der Waals surface area contributed by atoms with Gasteiger partial charge in [0.25, 0.3) is 0 Å². The molecular weight excluding hydrogens is 279 g/mol. The van der Waals surface area contributed by atoms with E-state index in [1.54, 1.807) is 12.1 Å². The number of benzene rings is 1. The number of anilines is 2. The molecule has 1 rings (SSSR count). The SMILES string of the molecule is CC(C)CCCCCCNc1cc(Cl)c(Cl)cc1N. The molecule has 0 saturated heterocycles. The molecule has 1 aromatic carbocycles. The van der Waals surface area contributed by atoms with Gasteiger partial charge in [-0.1, -0.05) is 62.7 Å². The zero-order valence-electron chi connectivity index (χ0n) is 11.8. The fraction of sp³-hybridized carbons (Fsp3) is 0.600. The lowest BCUT2D eigenvalue weighted by Gasteiger charge is -2.10. The van der Waals surface area contributed by atoms with Crippen molar-refractivity contribution in [3.8, 4) is 0 Å². The van der Waals surface area contributed by atoms with Gasteiger partial charge in [-0.25, -0.2) is 0 Å². The van der Waals surface area contributed by atoms with Gasteiger partial charge in [0, 0.05) is 6.54 Å². The summed E-state index contributed by atoms with van der Waals surface area (Å²) in [5.74, 6) is 0.814. The van der Waals surface area contributed by atoms with Gasteiger partial charge < -0.3 is 11.1 Å². The van der Waals surface area contributed by atoms with Crippen LogP contribution < -0.4 is 11.1 Å². The summed E-state index contributed by atoms with van der Waals surface area (Å²) in [4.78, 5) is 0. The molecule has 0 aromatic heterocycles. The lowest BCUT2D eigenvalue weighted by molar-refractivity contribution is 0.523. The highest BCUT2D eigenvalue weighted by molar-refractivity contribution is 6.42. The quantitative estimate of drug-likeness (QED) is 0.485. The smallest absolute Gasteiger partial charge is 0.0614 e. The average molecular weight is 303 g/mol. The van der Waals surface area contributed by atoms with Crippen molar-refractivity contribution in [1.82, 2.24) is 0 Å². The molecule has 0 aliphatic carbocycles. The third-order valence-electron chi connectivity index (χ3n) is 3.12. The van der Waals surface area contributed by atoms with Gasteiger partial charge in [-0.05, 0) is 24.5 Å². The zero-order chi connectivity index (χ0) is 14.3. The summed E-state index contributed by atoms with van der Waals surface area (Å²) in [5.41, 5.74) is 7.40. The molecule has 3 N–H and O–H groups in total. The summed E-state index contributed by atoms with van der Waals surface area (Å²) >= 11 is 11.9. The number of nitrogens with two attached hydrogens (primary N) is 1. The summed E-state index contributed by atoms with van der Waals surface area (Å²) in [5, 5.41) is 4.35. The van der Waals surface area contributed by atoms with Gasteiger partial charge >= 0.3 is 0 Å². The van der Waals surface area contributed by atoms with Gasteiger partial charge in [-0.15, -0.1) is 0 Å². The van der Waals surface area contributed by atoms with Crippen LogP contribution in [0.25, 0.3) is 0 Å². The molecule has 0 fully saturated rings. The molecule has 0 atom stereocenters. The molecule has 4 heteroatoms. The Hall–Kier alpha value is -0.600. The molecule has 0 aliphatic heterocycles. The predicted molar refractivity (Wildman–Crippen MR) is 87.3 cm³/mol. The van der Waals surface area contributed by atoms with Crippen molar-refractivity contribution >= 4 is 34.6 Å². The second-order valence-electron chi connectivity index (χ2n) is 5.38. The van der Waals surface area contributed by atoms with Crippen LogP contribution in [-0.2, 0) is 0 Å². The number of unbranched alkanes of at least 4 members (excludes halogenated alkanes) is 3. The Morgan fingerprint density at radius 1 is 1.05 bits per heavy atom. The van der Waals surface area contributed by atoms with Crippen LogP contribution in [0.2, 0.25) is 10.0 Å². The molecule has 1 aromatic rings. The number of nitrogens with one attached hydrogen (secondary N) is 1. The molecule has 19 heavy (non-hydrogen) atoms. The van der Waals surface area contributed by atoms with Crippen LogP contribution in [0.3, 0.4) is 0 Å². The Balaban J connectivity index is 2.21. The highest BCUT2D eigenvalue weighted by atomic mass is 35.5. The largest absolute Gasteiger partial charge is 0.397 e. The van der Waals surface area contributed by atoms with Gasteiger partial charge in [-0.2, -0.15) is 0 Å². The van der Waals surface area contributed by atoms with Crippen molar-refractivity contribution in [2.75, 3.05) is 17.6 Å². The molecule has 0 bridgehead atoms. The minimum atomic E-state index is 0.499. The van der Waals surface area contributed by atoms with Crippen molar-refractivity contribution in [2.45, 2.75) is 46.0 Å². The van der Waals surface area contributed by atoms with E-state index >= 15 is 0 Å². The first kappa shape index (κ1) is 16.5. The van der Waals surface area contributed by atoms with Crippen molar-refractivity contribution in [1.29, 1.82) is 0 Å². The maximum absolute atomic E-state index is 5.97. The number of nitrogen functional groups attached to an aromatic ring is 1. The van der Waals surface area contributed by atoms with Crippen LogP contribution in [-0.4, -0.2) is 6.54 Å². The molecule has 0 saturated carbocycles. The summed E-state index contributed by atoms with van der Waals surface area (Å²) in [7, 11) is 0. The molecule has 108 valence electrons. The van der Waals surface area contributed by atoms with E-state index in [-0.39, 0.29) is 0 Å². The Bertz CT molecular complexity index is 392. The molecule has 2 nitrogen and oxygen atoms in total. The molecule has 0 radical (unpaired) electrons. The number of halogens is 2. The van der Waals surface area contributed by atoms with Crippen LogP contribution in [0.15, 0.2) is 12.1 Å². The van der Waals surface area contributed by atoms with Gasteiger partial charge in [0.15, 0.2) is 0 Å². The molecule has 0 amide bonds. The normalized spacial score (nSPS) is 11.0. The topological polar surface area (TPSA) is 38.0 Å². The Morgan fingerprint density at radius 3 is 2.37 bits per heavy atom. The molecule has 0 aliphatic rings. The van der Waals surface area contributed by atoms with Crippen LogP contribution in [0.4, 0.5) is 11.4 Å². The fourth-order valence-electron chi connectivity index (χ4n) is 1.97. The summed E-state index contributed by atoms with van der Waals surface area (Å²) in [6.07, 6.45) is 6.36. The average Bonchev–Trinajstić information content (AvgIpc) is 2.33. The summed E-state index contributed by atoms with van der Waals surface area (Å²) in [6.45, 7) is 5.47. The minimum Gasteiger partial charge on any atom is -0.397 e. The van der Waals surface area contributed by atoms with Crippen LogP contribution in [0.5, 0.6) is 0 Å². The van der Waals surface area contributed by atoms with E-state index in [0.717, 1.165) is 24.6 Å². The Labute approximate surface area is 126 Å². The first-order valence-electron chi connectivity index (χ1n) is 6.99.